The number of phenols is 1. The smallest absolute Gasteiger partial charge is 0.407 e. The number of benzene rings is 1. The van der Waals surface area contributed by atoms with Gasteiger partial charge in [-0.3, -0.25) is 0 Å². The lowest BCUT2D eigenvalue weighted by atomic mass is 10.1. The van der Waals surface area contributed by atoms with Gasteiger partial charge in [0.1, 0.15) is 11.4 Å². The van der Waals surface area contributed by atoms with Crippen LogP contribution < -0.4 is 5.32 Å². The van der Waals surface area contributed by atoms with Crippen molar-refractivity contribution in [3.05, 3.63) is 29.8 Å². The molecule has 0 saturated heterocycles. The molecule has 0 aliphatic carbocycles. The fourth-order valence-corrected chi connectivity index (χ4v) is 1.31. The molecule has 5 nitrogen and oxygen atoms in total. The molecule has 1 atom stereocenters. The van der Waals surface area contributed by atoms with Crippen molar-refractivity contribution in [2.75, 3.05) is 6.54 Å². The highest BCUT2D eigenvalue weighted by atomic mass is 16.6. The SMILES string of the molecule is CC(C)(C)OC(=O)NC[C@@H](O)c1ccc(O)cc1. The van der Waals surface area contributed by atoms with Crippen LogP contribution in [0.1, 0.15) is 32.4 Å². The molecular weight excluding hydrogens is 234 g/mol. The van der Waals surface area contributed by atoms with Gasteiger partial charge >= 0.3 is 6.09 Å². The molecule has 0 bridgehead atoms. The average Bonchev–Trinajstić information content (AvgIpc) is 2.24. The zero-order chi connectivity index (χ0) is 13.8. The zero-order valence-corrected chi connectivity index (χ0v) is 10.8. The number of ether oxygens (including phenoxy) is 1. The van der Waals surface area contributed by atoms with Crippen molar-refractivity contribution in [1.82, 2.24) is 5.32 Å². The summed E-state index contributed by atoms with van der Waals surface area (Å²) in [6, 6.07) is 6.14. The minimum atomic E-state index is -0.835. The number of aliphatic hydroxyl groups is 1. The Morgan fingerprint density at radius 3 is 2.39 bits per heavy atom. The van der Waals surface area contributed by atoms with Crippen molar-refractivity contribution in [3.8, 4) is 5.75 Å². The summed E-state index contributed by atoms with van der Waals surface area (Å²) in [6.07, 6.45) is -1.40. The van der Waals surface area contributed by atoms with Crippen molar-refractivity contribution < 1.29 is 19.7 Å². The minimum absolute atomic E-state index is 0.0552. The predicted molar refractivity (Wildman–Crippen MR) is 67.3 cm³/mol. The van der Waals surface area contributed by atoms with E-state index in [-0.39, 0.29) is 12.3 Å². The second-order valence-electron chi connectivity index (χ2n) is 4.99. The molecule has 100 valence electrons. The first-order valence-electron chi connectivity index (χ1n) is 5.72. The number of nitrogens with one attached hydrogen (secondary N) is 1. The summed E-state index contributed by atoms with van der Waals surface area (Å²) in [5.41, 5.74) is 0.0528. The van der Waals surface area contributed by atoms with E-state index < -0.39 is 17.8 Å². The van der Waals surface area contributed by atoms with E-state index in [0.717, 1.165) is 0 Å². The van der Waals surface area contributed by atoms with Gasteiger partial charge in [-0.05, 0) is 38.5 Å². The van der Waals surface area contributed by atoms with Gasteiger partial charge in [0.05, 0.1) is 12.6 Å². The Kier molecular flexibility index (Phi) is 4.55. The van der Waals surface area contributed by atoms with Gasteiger partial charge in [-0.15, -0.1) is 0 Å². The number of phenolic OH excluding ortho intramolecular Hbond substituents is 1. The lowest BCUT2D eigenvalue weighted by Gasteiger charge is -2.20. The number of rotatable bonds is 3. The van der Waals surface area contributed by atoms with Gasteiger partial charge < -0.3 is 20.3 Å². The topological polar surface area (TPSA) is 78.8 Å². The molecule has 0 aliphatic rings. The Labute approximate surface area is 106 Å². The molecule has 0 aromatic heterocycles. The molecule has 1 aromatic rings. The number of aliphatic hydroxyl groups excluding tert-OH is 1. The second kappa shape index (κ2) is 5.73. The van der Waals surface area contributed by atoms with Crippen molar-refractivity contribution in [2.45, 2.75) is 32.5 Å². The summed E-state index contributed by atoms with van der Waals surface area (Å²) < 4.78 is 5.04. The van der Waals surface area contributed by atoms with Gasteiger partial charge in [0.25, 0.3) is 0 Å². The number of alkyl carbamates (subject to hydrolysis) is 1. The summed E-state index contributed by atoms with van der Waals surface area (Å²) in [4.78, 5) is 11.4. The standard InChI is InChI=1S/C13H19NO4/c1-13(2,3)18-12(17)14-8-11(16)9-4-6-10(15)7-5-9/h4-7,11,15-16H,8H2,1-3H3,(H,14,17)/t11-/m1/s1. The van der Waals surface area contributed by atoms with E-state index in [4.69, 9.17) is 9.84 Å². The minimum Gasteiger partial charge on any atom is -0.508 e. The Balaban J connectivity index is 2.44. The average molecular weight is 253 g/mol. The summed E-state index contributed by atoms with van der Waals surface area (Å²) >= 11 is 0. The van der Waals surface area contributed by atoms with Gasteiger partial charge in [-0.2, -0.15) is 0 Å². The number of hydrogen-bond donors (Lipinski definition) is 3. The Bertz CT molecular complexity index is 394. The monoisotopic (exact) mass is 253 g/mol. The second-order valence-corrected chi connectivity index (χ2v) is 4.99. The highest BCUT2D eigenvalue weighted by Crippen LogP contribution is 2.16. The van der Waals surface area contributed by atoms with E-state index in [1.165, 1.54) is 12.1 Å². The third-order valence-corrected chi connectivity index (χ3v) is 2.12. The van der Waals surface area contributed by atoms with Crippen LogP contribution in [-0.2, 0) is 4.74 Å². The Hall–Kier alpha value is -1.75. The molecule has 0 heterocycles. The van der Waals surface area contributed by atoms with Crippen LogP contribution in [-0.4, -0.2) is 28.5 Å². The van der Waals surface area contributed by atoms with Crippen LogP contribution in [0.2, 0.25) is 0 Å². The Morgan fingerprint density at radius 1 is 1.33 bits per heavy atom. The third kappa shape index (κ3) is 5.05. The van der Waals surface area contributed by atoms with Crippen LogP contribution in [0.5, 0.6) is 5.75 Å². The molecule has 1 aromatic carbocycles. The number of hydrogen-bond acceptors (Lipinski definition) is 4. The lowest BCUT2D eigenvalue weighted by Crippen LogP contribution is -2.34. The highest BCUT2D eigenvalue weighted by molar-refractivity contribution is 5.67. The molecular formula is C13H19NO4. The van der Waals surface area contributed by atoms with E-state index in [1.807, 2.05) is 0 Å². The van der Waals surface area contributed by atoms with Crippen molar-refractivity contribution >= 4 is 6.09 Å². The van der Waals surface area contributed by atoms with E-state index >= 15 is 0 Å². The number of carbonyl (C=O) groups is 1. The van der Waals surface area contributed by atoms with Crippen molar-refractivity contribution in [3.63, 3.8) is 0 Å². The van der Waals surface area contributed by atoms with Crippen LogP contribution in [0.4, 0.5) is 4.79 Å². The summed E-state index contributed by atoms with van der Waals surface area (Å²) in [5, 5.41) is 21.4. The highest BCUT2D eigenvalue weighted by Gasteiger charge is 2.17. The molecule has 5 heteroatoms. The number of carbonyl (C=O) groups excluding carboxylic acids is 1. The van der Waals surface area contributed by atoms with E-state index in [2.05, 4.69) is 5.32 Å². The number of amides is 1. The molecule has 0 aliphatic heterocycles. The molecule has 3 N–H and O–H groups in total. The Morgan fingerprint density at radius 2 is 1.89 bits per heavy atom. The van der Waals surface area contributed by atoms with Gasteiger partial charge in [-0.25, -0.2) is 4.79 Å². The van der Waals surface area contributed by atoms with Gasteiger partial charge in [0.15, 0.2) is 0 Å². The molecule has 1 amide bonds. The first-order chi connectivity index (χ1) is 8.28. The van der Waals surface area contributed by atoms with E-state index in [9.17, 15) is 9.90 Å². The summed E-state index contributed by atoms with van der Waals surface area (Å²) in [5.74, 6) is 0.131. The normalized spacial score (nSPS) is 12.9. The van der Waals surface area contributed by atoms with Crippen molar-refractivity contribution in [1.29, 1.82) is 0 Å². The largest absolute Gasteiger partial charge is 0.508 e. The zero-order valence-electron chi connectivity index (χ0n) is 10.8. The van der Waals surface area contributed by atoms with Crippen LogP contribution >= 0.6 is 0 Å². The van der Waals surface area contributed by atoms with Gasteiger partial charge in [0, 0.05) is 0 Å². The number of aromatic hydroxyl groups is 1. The first kappa shape index (κ1) is 14.3. The van der Waals surface area contributed by atoms with E-state index in [1.54, 1.807) is 32.9 Å². The molecule has 18 heavy (non-hydrogen) atoms. The lowest BCUT2D eigenvalue weighted by molar-refractivity contribution is 0.0491. The third-order valence-electron chi connectivity index (χ3n) is 2.12. The van der Waals surface area contributed by atoms with Gasteiger partial charge in [-0.1, -0.05) is 12.1 Å². The van der Waals surface area contributed by atoms with Crippen LogP contribution in [0.15, 0.2) is 24.3 Å². The fraction of sp³-hybridized carbons (Fsp3) is 0.462. The summed E-state index contributed by atoms with van der Waals surface area (Å²) in [7, 11) is 0. The molecule has 1 rings (SSSR count). The maximum absolute atomic E-state index is 11.4. The molecule has 0 fully saturated rings. The van der Waals surface area contributed by atoms with Crippen LogP contribution in [0, 0.1) is 0 Å². The molecule has 0 unspecified atom stereocenters. The quantitative estimate of drug-likeness (QED) is 0.769. The fourth-order valence-electron chi connectivity index (χ4n) is 1.31. The molecule has 0 spiro atoms. The van der Waals surface area contributed by atoms with Crippen molar-refractivity contribution in [2.24, 2.45) is 0 Å². The summed E-state index contributed by atoms with van der Waals surface area (Å²) in [6.45, 7) is 5.36. The first-order valence-corrected chi connectivity index (χ1v) is 5.72. The predicted octanol–water partition coefficient (Wildman–Crippen LogP) is 1.95. The van der Waals surface area contributed by atoms with Crippen LogP contribution in [0.3, 0.4) is 0 Å². The molecule has 0 saturated carbocycles. The van der Waals surface area contributed by atoms with Gasteiger partial charge in [0.2, 0.25) is 0 Å². The maximum Gasteiger partial charge on any atom is 0.407 e. The maximum atomic E-state index is 11.4. The molecule has 0 radical (unpaired) electrons. The van der Waals surface area contributed by atoms with Crippen LogP contribution in [0.25, 0.3) is 0 Å². The van der Waals surface area contributed by atoms with E-state index in [0.29, 0.717) is 5.56 Å².